The first-order valence-corrected chi connectivity index (χ1v) is 7.45. The van der Waals surface area contributed by atoms with Crippen LogP contribution in [0.1, 0.15) is 12.5 Å². The van der Waals surface area contributed by atoms with E-state index in [4.69, 9.17) is 0 Å². The quantitative estimate of drug-likeness (QED) is 0.747. The van der Waals surface area contributed by atoms with Gasteiger partial charge in [0.15, 0.2) is 0 Å². The van der Waals surface area contributed by atoms with E-state index in [-0.39, 0.29) is 17.2 Å². The van der Waals surface area contributed by atoms with Crippen molar-refractivity contribution in [3.05, 3.63) is 59.4 Å². The van der Waals surface area contributed by atoms with Crippen molar-refractivity contribution in [1.82, 2.24) is 10.3 Å². The maximum atomic E-state index is 14.1. The van der Waals surface area contributed by atoms with Gasteiger partial charge in [-0.15, -0.1) is 0 Å². The second kappa shape index (κ2) is 6.39. The van der Waals surface area contributed by atoms with E-state index in [1.165, 1.54) is 25.1 Å². The van der Waals surface area contributed by atoms with Crippen molar-refractivity contribution in [3.8, 4) is 11.3 Å². The highest BCUT2D eigenvalue weighted by Crippen LogP contribution is 2.32. The summed E-state index contributed by atoms with van der Waals surface area (Å²) in [4.78, 5) is 14.0. The number of aromatic amines is 1. The molecule has 6 heteroatoms. The number of carbonyl (C=O) groups excluding carboxylic acids is 1. The second-order valence-corrected chi connectivity index (χ2v) is 5.53. The molecule has 0 bridgehead atoms. The number of rotatable bonds is 4. The van der Waals surface area contributed by atoms with Crippen molar-refractivity contribution in [1.29, 1.82) is 0 Å². The summed E-state index contributed by atoms with van der Waals surface area (Å²) in [5.41, 5.74) is 2.10. The van der Waals surface area contributed by atoms with Crippen LogP contribution in [0.5, 0.6) is 0 Å². The lowest BCUT2D eigenvalue weighted by Crippen LogP contribution is -2.22. The minimum absolute atomic E-state index is 0.185. The Morgan fingerprint density at radius 3 is 2.46 bits per heavy atom. The Bertz CT molecular complexity index is 901. The molecule has 0 radical (unpaired) electrons. The summed E-state index contributed by atoms with van der Waals surface area (Å²) < 4.78 is 40.8. The van der Waals surface area contributed by atoms with Gasteiger partial charge in [-0.1, -0.05) is 0 Å². The van der Waals surface area contributed by atoms with Crippen molar-refractivity contribution in [2.24, 2.45) is 0 Å². The van der Waals surface area contributed by atoms with E-state index in [1.807, 2.05) is 0 Å². The molecule has 2 aromatic carbocycles. The fraction of sp³-hybridized carbons (Fsp3) is 0.167. The number of aromatic nitrogens is 1. The number of amides is 1. The van der Waals surface area contributed by atoms with Gasteiger partial charge in [0.1, 0.15) is 17.5 Å². The molecular weight excluding hydrogens is 317 g/mol. The lowest BCUT2D eigenvalue weighted by atomic mass is 10.0. The van der Waals surface area contributed by atoms with Crippen molar-refractivity contribution in [3.63, 3.8) is 0 Å². The van der Waals surface area contributed by atoms with E-state index in [0.29, 0.717) is 35.2 Å². The Labute approximate surface area is 136 Å². The zero-order valence-electron chi connectivity index (χ0n) is 12.9. The van der Waals surface area contributed by atoms with Crippen molar-refractivity contribution in [2.45, 2.75) is 13.3 Å². The number of nitrogens with one attached hydrogen (secondary N) is 2. The van der Waals surface area contributed by atoms with Crippen LogP contribution in [0, 0.1) is 17.5 Å². The molecule has 3 rings (SSSR count). The van der Waals surface area contributed by atoms with Gasteiger partial charge in [0, 0.05) is 30.6 Å². The number of hydrogen-bond acceptors (Lipinski definition) is 1. The van der Waals surface area contributed by atoms with Gasteiger partial charge in [-0.2, -0.15) is 0 Å². The van der Waals surface area contributed by atoms with E-state index < -0.39 is 11.6 Å². The first-order valence-electron chi connectivity index (χ1n) is 7.45. The molecule has 1 aromatic heterocycles. The molecule has 1 amide bonds. The monoisotopic (exact) mass is 332 g/mol. The summed E-state index contributed by atoms with van der Waals surface area (Å²) in [5.74, 6) is -1.94. The molecule has 0 spiro atoms. The molecule has 0 atom stereocenters. The number of fused-ring (bicyclic) bond motifs is 1. The lowest BCUT2D eigenvalue weighted by molar-refractivity contribution is -0.118. The van der Waals surface area contributed by atoms with Crippen LogP contribution in [0.2, 0.25) is 0 Å². The third-order valence-corrected chi connectivity index (χ3v) is 3.81. The summed E-state index contributed by atoms with van der Waals surface area (Å²) in [6.45, 7) is 1.73. The number of benzene rings is 2. The van der Waals surface area contributed by atoms with Crippen LogP contribution in [0.15, 0.2) is 36.4 Å². The molecule has 0 unspecified atom stereocenters. The van der Waals surface area contributed by atoms with Gasteiger partial charge < -0.3 is 10.3 Å². The average molecular weight is 332 g/mol. The van der Waals surface area contributed by atoms with Gasteiger partial charge in [0.2, 0.25) is 5.91 Å². The highest BCUT2D eigenvalue weighted by molar-refractivity contribution is 5.91. The van der Waals surface area contributed by atoms with Crippen molar-refractivity contribution < 1.29 is 18.0 Å². The molecular formula is C18H15F3N2O. The Balaban J connectivity index is 2.13. The molecule has 0 fully saturated rings. The van der Waals surface area contributed by atoms with Gasteiger partial charge >= 0.3 is 0 Å². The van der Waals surface area contributed by atoms with Crippen LogP contribution in [-0.2, 0) is 11.2 Å². The molecule has 124 valence electrons. The van der Waals surface area contributed by atoms with Crippen LogP contribution >= 0.6 is 0 Å². The van der Waals surface area contributed by atoms with Crippen molar-refractivity contribution >= 4 is 16.8 Å². The zero-order chi connectivity index (χ0) is 17.3. The minimum Gasteiger partial charge on any atom is -0.356 e. The van der Waals surface area contributed by atoms with Crippen LogP contribution in [0.3, 0.4) is 0 Å². The van der Waals surface area contributed by atoms with Gasteiger partial charge in [-0.05, 0) is 47.9 Å². The highest BCUT2D eigenvalue weighted by atomic mass is 19.1. The van der Waals surface area contributed by atoms with Gasteiger partial charge in [0.25, 0.3) is 0 Å². The molecule has 0 saturated heterocycles. The highest BCUT2D eigenvalue weighted by Gasteiger charge is 2.17. The lowest BCUT2D eigenvalue weighted by Gasteiger charge is -2.06. The van der Waals surface area contributed by atoms with E-state index >= 15 is 0 Å². The van der Waals surface area contributed by atoms with Crippen LogP contribution < -0.4 is 5.32 Å². The van der Waals surface area contributed by atoms with Crippen LogP contribution in [0.4, 0.5) is 13.2 Å². The topological polar surface area (TPSA) is 44.9 Å². The summed E-state index contributed by atoms with van der Waals surface area (Å²) in [7, 11) is 0. The van der Waals surface area contributed by atoms with Crippen LogP contribution in [0.25, 0.3) is 22.2 Å². The number of hydrogen-bond donors (Lipinski definition) is 2. The van der Waals surface area contributed by atoms with Gasteiger partial charge in [-0.25, -0.2) is 13.2 Å². The van der Waals surface area contributed by atoms with E-state index in [0.717, 1.165) is 6.07 Å². The predicted octanol–water partition coefficient (Wildman–Crippen LogP) is 3.93. The summed E-state index contributed by atoms with van der Waals surface area (Å²) in [6, 6.07) is 7.80. The van der Waals surface area contributed by atoms with E-state index in [9.17, 15) is 18.0 Å². The largest absolute Gasteiger partial charge is 0.356 e. The average Bonchev–Trinajstić information content (AvgIpc) is 2.87. The predicted molar refractivity (Wildman–Crippen MR) is 86.0 cm³/mol. The smallest absolute Gasteiger partial charge is 0.216 e. The first kappa shape index (κ1) is 16.1. The molecule has 0 aliphatic carbocycles. The summed E-state index contributed by atoms with van der Waals surface area (Å²) >= 11 is 0. The summed E-state index contributed by atoms with van der Waals surface area (Å²) in [5, 5.41) is 3.08. The zero-order valence-corrected chi connectivity index (χ0v) is 12.9. The third-order valence-electron chi connectivity index (χ3n) is 3.81. The Kier molecular flexibility index (Phi) is 4.29. The Morgan fingerprint density at radius 2 is 1.79 bits per heavy atom. The number of H-pyrrole nitrogens is 1. The van der Waals surface area contributed by atoms with Gasteiger partial charge in [0.05, 0.1) is 5.52 Å². The molecule has 0 aliphatic heterocycles. The van der Waals surface area contributed by atoms with Crippen LogP contribution in [-0.4, -0.2) is 17.4 Å². The SMILES string of the molecule is CC(=O)NCCc1c(-c2ccc(F)cc2)[nH]c2c(F)cc(F)cc12. The number of carbonyl (C=O) groups is 1. The normalized spacial score (nSPS) is 11.0. The molecule has 0 aliphatic rings. The second-order valence-electron chi connectivity index (χ2n) is 5.53. The molecule has 1 heterocycles. The van der Waals surface area contributed by atoms with Gasteiger partial charge in [-0.3, -0.25) is 4.79 Å². The molecule has 3 aromatic rings. The van der Waals surface area contributed by atoms with E-state index in [2.05, 4.69) is 10.3 Å². The maximum absolute atomic E-state index is 14.1. The molecule has 3 nitrogen and oxygen atoms in total. The fourth-order valence-electron chi connectivity index (χ4n) is 2.76. The number of halogens is 3. The van der Waals surface area contributed by atoms with E-state index in [1.54, 1.807) is 12.1 Å². The standard InChI is InChI=1S/C18H15F3N2O/c1-10(24)22-7-6-14-15-8-13(20)9-16(21)18(15)23-17(14)11-2-4-12(19)5-3-11/h2-5,8-9,23H,6-7H2,1H3,(H,22,24). The molecule has 24 heavy (non-hydrogen) atoms. The maximum Gasteiger partial charge on any atom is 0.216 e. The molecule has 0 saturated carbocycles. The molecule has 2 N–H and O–H groups in total. The van der Waals surface area contributed by atoms with Crippen molar-refractivity contribution in [2.75, 3.05) is 6.54 Å². The Morgan fingerprint density at radius 1 is 1.08 bits per heavy atom. The third kappa shape index (κ3) is 3.13. The Hall–Kier alpha value is -2.76. The first-order chi connectivity index (χ1) is 11.5. The minimum atomic E-state index is -0.695. The fourth-order valence-corrected chi connectivity index (χ4v) is 2.76. The summed E-state index contributed by atoms with van der Waals surface area (Å²) in [6.07, 6.45) is 0.384.